The second kappa shape index (κ2) is 5.72. The fourth-order valence-electron chi connectivity index (χ4n) is 2.44. The summed E-state index contributed by atoms with van der Waals surface area (Å²) in [5.41, 5.74) is 1.21. The fraction of sp³-hybridized carbons (Fsp3) is 0.0625. The number of H-pyrrole nitrogens is 1. The molecule has 0 atom stereocenters. The number of benzene rings is 2. The van der Waals surface area contributed by atoms with E-state index in [1.54, 1.807) is 42.5 Å². The largest absolute Gasteiger partial charge is 0.321 e. The van der Waals surface area contributed by atoms with Crippen molar-refractivity contribution in [3.63, 3.8) is 0 Å². The van der Waals surface area contributed by atoms with Crippen LogP contribution < -0.4 is 10.3 Å². The third-order valence-electron chi connectivity index (χ3n) is 3.33. The minimum atomic E-state index is -3.56. The SMILES string of the molecule is CS(=O)(=O)Nc1c(-c2ccccc2)c(=O)[nH]c2cc(Cl)ccc12. The van der Waals surface area contributed by atoms with Crippen molar-refractivity contribution in [3.8, 4) is 11.1 Å². The Morgan fingerprint density at radius 2 is 1.78 bits per heavy atom. The third-order valence-corrected chi connectivity index (χ3v) is 4.14. The number of sulfonamides is 1. The molecule has 118 valence electrons. The molecule has 3 rings (SSSR count). The maximum absolute atomic E-state index is 12.5. The van der Waals surface area contributed by atoms with Crippen LogP contribution in [0.4, 0.5) is 5.69 Å². The number of anilines is 1. The van der Waals surface area contributed by atoms with Gasteiger partial charge in [-0.25, -0.2) is 8.42 Å². The third kappa shape index (κ3) is 3.23. The minimum absolute atomic E-state index is 0.245. The predicted molar refractivity (Wildman–Crippen MR) is 93.5 cm³/mol. The molecule has 7 heteroatoms. The first-order valence-electron chi connectivity index (χ1n) is 6.74. The first kappa shape index (κ1) is 15.6. The average molecular weight is 349 g/mol. The van der Waals surface area contributed by atoms with E-state index < -0.39 is 15.6 Å². The Kier molecular flexibility index (Phi) is 3.87. The van der Waals surface area contributed by atoms with Gasteiger partial charge in [-0.2, -0.15) is 0 Å². The van der Waals surface area contributed by atoms with Gasteiger partial charge in [0.15, 0.2) is 0 Å². The van der Waals surface area contributed by atoms with Gasteiger partial charge in [-0.05, 0) is 23.8 Å². The zero-order valence-electron chi connectivity index (χ0n) is 12.1. The van der Waals surface area contributed by atoms with Crippen LogP contribution in [0, 0.1) is 0 Å². The molecule has 0 aliphatic heterocycles. The summed E-state index contributed by atoms with van der Waals surface area (Å²) < 4.78 is 26.0. The lowest BCUT2D eigenvalue weighted by atomic mass is 10.0. The molecule has 0 unspecified atom stereocenters. The summed E-state index contributed by atoms with van der Waals surface area (Å²) in [7, 11) is -3.56. The number of halogens is 1. The summed E-state index contributed by atoms with van der Waals surface area (Å²) in [5.74, 6) is 0. The molecule has 0 bridgehead atoms. The minimum Gasteiger partial charge on any atom is -0.321 e. The van der Waals surface area contributed by atoms with Crippen LogP contribution in [0.15, 0.2) is 53.3 Å². The first-order valence-corrected chi connectivity index (χ1v) is 9.01. The summed E-state index contributed by atoms with van der Waals surface area (Å²) in [6.07, 6.45) is 1.05. The van der Waals surface area contributed by atoms with Crippen LogP contribution >= 0.6 is 11.6 Å². The van der Waals surface area contributed by atoms with Crippen LogP contribution in [-0.2, 0) is 10.0 Å². The number of aromatic nitrogens is 1. The van der Waals surface area contributed by atoms with Crippen LogP contribution in [0.25, 0.3) is 22.0 Å². The molecule has 23 heavy (non-hydrogen) atoms. The second-order valence-corrected chi connectivity index (χ2v) is 7.32. The molecule has 0 fully saturated rings. The summed E-state index contributed by atoms with van der Waals surface area (Å²) >= 11 is 5.95. The Morgan fingerprint density at radius 3 is 2.43 bits per heavy atom. The molecule has 0 radical (unpaired) electrons. The van der Waals surface area contributed by atoms with Gasteiger partial charge in [-0.15, -0.1) is 0 Å². The van der Waals surface area contributed by atoms with E-state index in [4.69, 9.17) is 11.6 Å². The highest BCUT2D eigenvalue weighted by atomic mass is 35.5. The van der Waals surface area contributed by atoms with Crippen molar-refractivity contribution in [1.82, 2.24) is 4.98 Å². The highest BCUT2D eigenvalue weighted by Crippen LogP contribution is 2.32. The van der Waals surface area contributed by atoms with Crippen LogP contribution in [-0.4, -0.2) is 19.7 Å². The van der Waals surface area contributed by atoms with Crippen molar-refractivity contribution >= 4 is 38.2 Å². The van der Waals surface area contributed by atoms with Gasteiger partial charge in [-0.3, -0.25) is 9.52 Å². The van der Waals surface area contributed by atoms with E-state index in [0.29, 0.717) is 21.5 Å². The van der Waals surface area contributed by atoms with Crippen LogP contribution in [0.3, 0.4) is 0 Å². The smallest absolute Gasteiger partial charge is 0.258 e. The molecule has 2 N–H and O–H groups in total. The van der Waals surface area contributed by atoms with Crippen LogP contribution in [0.2, 0.25) is 5.02 Å². The lowest BCUT2D eigenvalue weighted by molar-refractivity contribution is 0.607. The molecule has 0 aliphatic carbocycles. The van der Waals surface area contributed by atoms with Crippen LogP contribution in [0.1, 0.15) is 0 Å². The van der Waals surface area contributed by atoms with Gasteiger partial charge in [0.2, 0.25) is 10.0 Å². The van der Waals surface area contributed by atoms with E-state index in [9.17, 15) is 13.2 Å². The average Bonchev–Trinajstić information content (AvgIpc) is 2.46. The van der Waals surface area contributed by atoms with Crippen molar-refractivity contribution in [2.45, 2.75) is 0 Å². The predicted octanol–water partition coefficient (Wildman–Crippen LogP) is 3.22. The Bertz CT molecular complexity index is 1040. The molecule has 5 nitrogen and oxygen atoms in total. The zero-order valence-corrected chi connectivity index (χ0v) is 13.7. The molecule has 0 saturated carbocycles. The van der Waals surface area contributed by atoms with E-state index >= 15 is 0 Å². The second-order valence-electron chi connectivity index (χ2n) is 5.13. The number of fused-ring (bicyclic) bond motifs is 1. The molecular formula is C16H13ClN2O3S. The van der Waals surface area contributed by atoms with Crippen molar-refractivity contribution < 1.29 is 8.42 Å². The molecule has 0 spiro atoms. The Morgan fingerprint density at radius 1 is 1.09 bits per heavy atom. The van der Waals surface area contributed by atoms with Crippen molar-refractivity contribution in [2.24, 2.45) is 0 Å². The topological polar surface area (TPSA) is 79.0 Å². The zero-order chi connectivity index (χ0) is 16.6. The number of pyridine rings is 1. The summed E-state index contributed by atoms with van der Waals surface area (Å²) in [6, 6.07) is 13.8. The van der Waals surface area contributed by atoms with Gasteiger partial charge in [0.05, 0.1) is 23.0 Å². The maximum Gasteiger partial charge on any atom is 0.258 e. The number of aromatic amines is 1. The molecule has 1 aromatic heterocycles. The van der Waals surface area contributed by atoms with Crippen molar-refractivity contribution in [1.29, 1.82) is 0 Å². The van der Waals surface area contributed by atoms with E-state index in [2.05, 4.69) is 9.71 Å². The van der Waals surface area contributed by atoms with Gasteiger partial charge < -0.3 is 4.98 Å². The number of nitrogens with one attached hydrogen (secondary N) is 2. The molecule has 3 aromatic rings. The molecule has 2 aromatic carbocycles. The fourth-order valence-corrected chi connectivity index (χ4v) is 3.20. The van der Waals surface area contributed by atoms with E-state index in [0.717, 1.165) is 6.26 Å². The van der Waals surface area contributed by atoms with E-state index in [1.807, 2.05) is 6.07 Å². The molecule has 0 amide bonds. The van der Waals surface area contributed by atoms with Crippen LogP contribution in [0.5, 0.6) is 0 Å². The lowest BCUT2D eigenvalue weighted by Crippen LogP contribution is -2.17. The Labute approximate surface area is 138 Å². The van der Waals surface area contributed by atoms with E-state index in [-0.39, 0.29) is 11.3 Å². The molecule has 0 aliphatic rings. The van der Waals surface area contributed by atoms with Gasteiger partial charge in [0, 0.05) is 10.4 Å². The van der Waals surface area contributed by atoms with Gasteiger partial charge in [0.25, 0.3) is 5.56 Å². The van der Waals surface area contributed by atoms with Gasteiger partial charge in [0.1, 0.15) is 0 Å². The molecule has 0 saturated heterocycles. The monoisotopic (exact) mass is 348 g/mol. The molecular weight excluding hydrogens is 336 g/mol. The normalized spacial score (nSPS) is 11.6. The Balaban J connectivity index is 2.43. The summed E-state index contributed by atoms with van der Waals surface area (Å²) in [6.45, 7) is 0. The first-order chi connectivity index (χ1) is 10.8. The van der Waals surface area contributed by atoms with Gasteiger partial charge in [-0.1, -0.05) is 41.9 Å². The van der Waals surface area contributed by atoms with Gasteiger partial charge >= 0.3 is 0 Å². The van der Waals surface area contributed by atoms with Crippen molar-refractivity contribution in [2.75, 3.05) is 11.0 Å². The molecule has 1 heterocycles. The maximum atomic E-state index is 12.5. The van der Waals surface area contributed by atoms with E-state index in [1.165, 1.54) is 0 Å². The lowest BCUT2D eigenvalue weighted by Gasteiger charge is -2.13. The number of rotatable bonds is 3. The highest BCUT2D eigenvalue weighted by Gasteiger charge is 2.17. The summed E-state index contributed by atoms with van der Waals surface area (Å²) in [4.78, 5) is 15.3. The highest BCUT2D eigenvalue weighted by molar-refractivity contribution is 7.92. The summed E-state index contributed by atoms with van der Waals surface area (Å²) in [5, 5.41) is 1.02. The number of hydrogen-bond acceptors (Lipinski definition) is 3. The number of hydrogen-bond donors (Lipinski definition) is 2. The standard InChI is InChI=1S/C16H13ClN2O3S/c1-23(21,22)19-15-12-8-7-11(17)9-13(12)18-16(20)14(15)10-5-3-2-4-6-10/h2-9H,1H3,(H2,18,19,20). The quantitative estimate of drug-likeness (QED) is 0.762. The Hall–Kier alpha value is -2.31. The van der Waals surface area contributed by atoms with Crippen molar-refractivity contribution in [3.05, 3.63) is 63.9 Å².